The number of nitrogens with one attached hydrogen (secondary N) is 2. The van der Waals surface area contributed by atoms with Gasteiger partial charge >= 0.3 is 5.91 Å². The van der Waals surface area contributed by atoms with Gasteiger partial charge in [0.05, 0.1) is 12.2 Å². The van der Waals surface area contributed by atoms with Gasteiger partial charge in [0.15, 0.2) is 0 Å². The van der Waals surface area contributed by atoms with Crippen LogP contribution in [0.2, 0.25) is 0 Å². The lowest BCUT2D eigenvalue weighted by molar-refractivity contribution is -0.114. The van der Waals surface area contributed by atoms with Gasteiger partial charge in [-0.1, -0.05) is 0 Å². The van der Waals surface area contributed by atoms with Crippen molar-refractivity contribution in [2.45, 2.75) is 0 Å². The molecule has 1 heterocycles. The molecular weight excluding hydrogens is 170 g/mol. The molecule has 0 saturated heterocycles. The molecule has 0 aromatic carbocycles. The molecule has 0 aromatic heterocycles. The van der Waals surface area contributed by atoms with Gasteiger partial charge in [-0.25, -0.2) is 0 Å². The predicted octanol–water partition coefficient (Wildman–Crippen LogP) is -0.265. The van der Waals surface area contributed by atoms with Crippen LogP contribution in [0.15, 0.2) is 16.9 Å². The molecule has 1 aliphatic rings. The van der Waals surface area contributed by atoms with Crippen LogP contribution < -0.4 is 10.6 Å². The number of carbonyl (C=O) groups is 1. The molecule has 0 bridgehead atoms. The van der Waals surface area contributed by atoms with Crippen LogP contribution in [0.5, 0.6) is 0 Å². The highest BCUT2D eigenvalue weighted by Crippen LogP contribution is 1.96. The van der Waals surface area contributed by atoms with Crippen LogP contribution in [0, 0.1) is 4.91 Å². The smallest absolute Gasteiger partial charge is 0.315 e. The molecule has 0 radical (unpaired) electrons. The maximum atomic E-state index is 10.5. The quantitative estimate of drug-likeness (QED) is 0.542. The maximum absolute atomic E-state index is 10.5. The second-order valence-electron chi connectivity index (χ2n) is 1.87. The lowest BCUT2D eigenvalue weighted by atomic mass is 10.2. The lowest BCUT2D eigenvalue weighted by Gasteiger charge is -2.11. The number of amides is 1. The fourth-order valence-corrected chi connectivity index (χ4v) is 0.691. The molecule has 1 rings (SSSR count). The molecule has 0 unspecified atom stereocenters. The van der Waals surface area contributed by atoms with Gasteiger partial charge in [-0.05, 0) is 0 Å². The first-order chi connectivity index (χ1) is 4.84. The molecule has 5 nitrogen and oxygen atoms in total. The molecule has 6 heteroatoms. The summed E-state index contributed by atoms with van der Waals surface area (Å²) in [6.07, 6.45) is 1.50. The molecule has 62 valence electrons. The van der Waals surface area contributed by atoms with Crippen LogP contribution in [0.4, 0.5) is 0 Å². The second-order valence-corrected chi connectivity index (χ2v) is 1.87. The van der Waals surface area contributed by atoms with Crippen molar-refractivity contribution in [3.05, 3.63) is 16.7 Å². The Morgan fingerprint density at radius 2 is 2.36 bits per heavy atom. The van der Waals surface area contributed by atoms with E-state index in [1.807, 2.05) is 0 Å². The first kappa shape index (κ1) is 10.1. The summed E-state index contributed by atoms with van der Waals surface area (Å²) in [4.78, 5) is 20.2. The average molecular weight is 178 g/mol. The summed E-state index contributed by atoms with van der Waals surface area (Å²) in [6.45, 7) is 1.03. The maximum Gasteiger partial charge on any atom is 0.315 e. The molecule has 0 aliphatic carbocycles. The third-order valence-electron chi connectivity index (χ3n) is 1.18. The Bertz CT molecular complexity index is 192. The first-order valence-corrected chi connectivity index (χ1v) is 2.85. The normalized spacial score (nSPS) is 15.5. The fourth-order valence-electron chi connectivity index (χ4n) is 0.691. The van der Waals surface area contributed by atoms with Crippen molar-refractivity contribution in [3.8, 4) is 0 Å². The minimum absolute atomic E-state index is 0. The molecule has 0 atom stereocenters. The van der Waals surface area contributed by atoms with Crippen LogP contribution in [-0.2, 0) is 4.79 Å². The highest BCUT2D eigenvalue weighted by atomic mass is 35.5. The minimum atomic E-state index is -0.709. The summed E-state index contributed by atoms with van der Waals surface area (Å²) in [7, 11) is 0. The van der Waals surface area contributed by atoms with Gasteiger partial charge in [0.1, 0.15) is 0 Å². The van der Waals surface area contributed by atoms with Crippen LogP contribution in [0.1, 0.15) is 0 Å². The molecule has 2 N–H and O–H groups in total. The number of rotatable bonds is 1. The van der Waals surface area contributed by atoms with Crippen molar-refractivity contribution < 1.29 is 4.79 Å². The SMILES string of the molecule is Cl.O=NC(=O)C1=CNCNC1. The topological polar surface area (TPSA) is 70.6 Å². The Labute approximate surface area is 69.6 Å². The van der Waals surface area contributed by atoms with Crippen LogP contribution in [0.3, 0.4) is 0 Å². The van der Waals surface area contributed by atoms with Gasteiger partial charge < -0.3 is 5.32 Å². The van der Waals surface area contributed by atoms with Crippen LogP contribution >= 0.6 is 12.4 Å². The zero-order valence-electron chi connectivity index (χ0n) is 5.66. The monoisotopic (exact) mass is 177 g/mol. The van der Waals surface area contributed by atoms with Gasteiger partial charge in [-0.2, -0.15) is 0 Å². The summed E-state index contributed by atoms with van der Waals surface area (Å²) < 4.78 is 0. The van der Waals surface area contributed by atoms with Gasteiger partial charge in [-0.15, -0.1) is 17.3 Å². The van der Waals surface area contributed by atoms with E-state index in [0.29, 0.717) is 18.8 Å². The van der Waals surface area contributed by atoms with E-state index >= 15 is 0 Å². The number of nitrogens with zero attached hydrogens (tertiary/aromatic N) is 1. The van der Waals surface area contributed by atoms with E-state index in [-0.39, 0.29) is 12.4 Å². The van der Waals surface area contributed by atoms with E-state index in [2.05, 4.69) is 15.8 Å². The van der Waals surface area contributed by atoms with Crippen molar-refractivity contribution in [1.29, 1.82) is 0 Å². The number of carbonyl (C=O) groups excluding carboxylic acids is 1. The first-order valence-electron chi connectivity index (χ1n) is 2.85. The van der Waals surface area contributed by atoms with E-state index in [0.717, 1.165) is 0 Å². The fraction of sp³-hybridized carbons (Fsp3) is 0.400. The van der Waals surface area contributed by atoms with Crippen molar-refractivity contribution in [2.75, 3.05) is 13.2 Å². The number of halogens is 1. The van der Waals surface area contributed by atoms with Gasteiger partial charge in [0, 0.05) is 17.9 Å². The van der Waals surface area contributed by atoms with E-state index in [1.165, 1.54) is 6.20 Å². The molecule has 11 heavy (non-hydrogen) atoms. The van der Waals surface area contributed by atoms with Gasteiger partial charge in [-0.3, -0.25) is 10.1 Å². The lowest BCUT2D eigenvalue weighted by Crippen LogP contribution is -2.34. The summed E-state index contributed by atoms with van der Waals surface area (Å²) in [5.74, 6) is -0.709. The minimum Gasteiger partial charge on any atom is -0.378 e. The third kappa shape index (κ3) is 2.65. The van der Waals surface area contributed by atoms with Crippen molar-refractivity contribution >= 4 is 18.3 Å². The van der Waals surface area contributed by atoms with E-state index in [1.54, 1.807) is 0 Å². The molecule has 0 fully saturated rings. The average Bonchev–Trinajstić information content (AvgIpc) is 2.05. The molecule has 0 spiro atoms. The summed E-state index contributed by atoms with van der Waals surface area (Å²) in [5, 5.41) is 7.88. The zero-order valence-corrected chi connectivity index (χ0v) is 6.48. The molecular formula is C5H8ClN3O2. The van der Waals surface area contributed by atoms with Crippen LogP contribution in [-0.4, -0.2) is 19.1 Å². The highest BCUT2D eigenvalue weighted by Gasteiger charge is 2.10. The Morgan fingerprint density at radius 1 is 1.64 bits per heavy atom. The Kier molecular flexibility index (Phi) is 4.40. The molecule has 0 saturated carbocycles. The van der Waals surface area contributed by atoms with Crippen LogP contribution in [0.25, 0.3) is 0 Å². The van der Waals surface area contributed by atoms with Crippen molar-refractivity contribution in [1.82, 2.24) is 10.6 Å². The standard InChI is InChI=1S/C5H7N3O2.ClH/c9-5(8-10)4-1-6-3-7-2-4;/h1,6-7H,2-3H2;1H. The summed E-state index contributed by atoms with van der Waals surface area (Å²) in [5.41, 5.74) is 0.376. The number of hydrogen-bond donors (Lipinski definition) is 2. The number of hydrogen-bond acceptors (Lipinski definition) is 4. The Morgan fingerprint density at radius 3 is 2.82 bits per heavy atom. The van der Waals surface area contributed by atoms with Crippen molar-refractivity contribution in [2.24, 2.45) is 5.18 Å². The molecule has 0 aromatic rings. The van der Waals surface area contributed by atoms with Crippen molar-refractivity contribution in [3.63, 3.8) is 0 Å². The largest absolute Gasteiger partial charge is 0.378 e. The van der Waals surface area contributed by atoms with Gasteiger partial charge in [0.25, 0.3) is 0 Å². The Hall–Kier alpha value is -0.940. The Balaban J connectivity index is 0.000001000. The van der Waals surface area contributed by atoms with Gasteiger partial charge in [0.2, 0.25) is 0 Å². The molecule has 1 amide bonds. The van der Waals surface area contributed by atoms with E-state index < -0.39 is 5.91 Å². The molecule has 1 aliphatic heterocycles. The number of nitroso groups, excluding NO2 is 1. The highest BCUT2D eigenvalue weighted by molar-refractivity contribution is 5.94. The summed E-state index contributed by atoms with van der Waals surface area (Å²) in [6, 6.07) is 0. The summed E-state index contributed by atoms with van der Waals surface area (Å²) >= 11 is 0. The second kappa shape index (κ2) is 4.81. The third-order valence-corrected chi connectivity index (χ3v) is 1.18. The predicted molar refractivity (Wildman–Crippen MR) is 42.1 cm³/mol. The van der Waals surface area contributed by atoms with E-state index in [9.17, 15) is 9.70 Å². The zero-order chi connectivity index (χ0) is 7.40. The van der Waals surface area contributed by atoms with E-state index in [4.69, 9.17) is 0 Å².